The van der Waals surface area contributed by atoms with Gasteiger partial charge in [-0.3, -0.25) is 9.78 Å². The van der Waals surface area contributed by atoms with Gasteiger partial charge in [0.05, 0.1) is 0 Å². The number of carbonyl (C=O) groups excluding carboxylic acids is 1. The molecule has 0 aliphatic carbocycles. The van der Waals surface area contributed by atoms with E-state index in [9.17, 15) is 4.79 Å². The monoisotopic (exact) mass is 249 g/mol. The molecule has 0 fully saturated rings. The van der Waals surface area contributed by atoms with E-state index in [1.54, 1.807) is 18.3 Å². The van der Waals surface area contributed by atoms with Crippen molar-refractivity contribution >= 4 is 11.6 Å². The lowest BCUT2D eigenvalue weighted by Gasteiger charge is -2.22. The van der Waals surface area contributed by atoms with E-state index in [1.165, 1.54) is 0 Å². The number of aromatic nitrogens is 1. The fraction of sp³-hybridized carbons (Fsp3) is 0.571. The van der Waals surface area contributed by atoms with Gasteiger partial charge in [0.1, 0.15) is 5.69 Å². The van der Waals surface area contributed by atoms with Crippen molar-refractivity contribution in [2.45, 2.75) is 39.5 Å². The minimum Gasteiger partial charge on any atom is -0.399 e. The molecule has 0 radical (unpaired) electrons. The number of pyridine rings is 1. The zero-order valence-corrected chi connectivity index (χ0v) is 11.4. The number of hydrogen-bond donors (Lipinski definition) is 1. The van der Waals surface area contributed by atoms with Crippen LogP contribution in [-0.4, -0.2) is 28.9 Å². The van der Waals surface area contributed by atoms with Gasteiger partial charge < -0.3 is 10.6 Å². The molecule has 0 saturated carbocycles. The Morgan fingerprint density at radius 2 is 1.89 bits per heavy atom. The van der Waals surface area contributed by atoms with Gasteiger partial charge in [-0.15, -0.1) is 0 Å². The van der Waals surface area contributed by atoms with E-state index in [0.717, 1.165) is 38.8 Å². The predicted molar refractivity (Wildman–Crippen MR) is 74.4 cm³/mol. The van der Waals surface area contributed by atoms with E-state index < -0.39 is 0 Å². The topological polar surface area (TPSA) is 59.2 Å². The van der Waals surface area contributed by atoms with E-state index in [1.807, 2.05) is 4.90 Å². The van der Waals surface area contributed by atoms with Crippen molar-refractivity contribution in [3.8, 4) is 0 Å². The second kappa shape index (κ2) is 7.69. The molecule has 0 aliphatic rings. The lowest BCUT2D eigenvalue weighted by atomic mass is 10.2. The van der Waals surface area contributed by atoms with E-state index in [2.05, 4.69) is 18.8 Å². The van der Waals surface area contributed by atoms with Crippen LogP contribution in [-0.2, 0) is 0 Å². The van der Waals surface area contributed by atoms with E-state index in [4.69, 9.17) is 5.73 Å². The molecule has 4 heteroatoms. The quantitative estimate of drug-likeness (QED) is 0.808. The Morgan fingerprint density at radius 1 is 1.28 bits per heavy atom. The van der Waals surface area contributed by atoms with Crippen molar-refractivity contribution in [3.63, 3.8) is 0 Å². The Bertz CT molecular complexity index is 371. The van der Waals surface area contributed by atoms with Crippen molar-refractivity contribution in [3.05, 3.63) is 24.0 Å². The Kier molecular flexibility index (Phi) is 6.19. The Morgan fingerprint density at radius 3 is 2.39 bits per heavy atom. The number of nitrogens with two attached hydrogens (primary N) is 1. The third-order valence-corrected chi connectivity index (χ3v) is 2.85. The van der Waals surface area contributed by atoms with Crippen LogP contribution in [0, 0.1) is 0 Å². The van der Waals surface area contributed by atoms with Gasteiger partial charge in [-0.2, -0.15) is 0 Å². The Hall–Kier alpha value is -1.58. The first-order chi connectivity index (χ1) is 8.69. The van der Waals surface area contributed by atoms with Gasteiger partial charge >= 0.3 is 0 Å². The Balaban J connectivity index is 2.73. The van der Waals surface area contributed by atoms with Crippen LogP contribution in [0.3, 0.4) is 0 Å². The summed E-state index contributed by atoms with van der Waals surface area (Å²) in [7, 11) is 0. The summed E-state index contributed by atoms with van der Waals surface area (Å²) in [5.74, 6) is -0.01000. The van der Waals surface area contributed by atoms with Crippen molar-refractivity contribution in [1.29, 1.82) is 0 Å². The number of nitrogen functional groups attached to an aromatic ring is 1. The molecule has 0 atom stereocenters. The molecule has 0 aromatic carbocycles. The summed E-state index contributed by atoms with van der Waals surface area (Å²) in [6, 6.07) is 3.34. The zero-order chi connectivity index (χ0) is 13.4. The number of carbonyl (C=O) groups is 1. The van der Waals surface area contributed by atoms with Gasteiger partial charge in [0.25, 0.3) is 5.91 Å². The van der Waals surface area contributed by atoms with Gasteiger partial charge in [-0.25, -0.2) is 0 Å². The summed E-state index contributed by atoms with van der Waals surface area (Å²) in [5.41, 5.74) is 6.72. The summed E-state index contributed by atoms with van der Waals surface area (Å²) in [5, 5.41) is 0. The summed E-state index contributed by atoms with van der Waals surface area (Å²) >= 11 is 0. The van der Waals surface area contributed by atoms with E-state index in [0.29, 0.717) is 11.4 Å². The highest BCUT2D eigenvalue weighted by molar-refractivity contribution is 5.93. The highest BCUT2D eigenvalue weighted by Gasteiger charge is 2.16. The molecule has 4 nitrogen and oxygen atoms in total. The van der Waals surface area contributed by atoms with Gasteiger partial charge in [0.15, 0.2) is 0 Å². The fourth-order valence-corrected chi connectivity index (χ4v) is 1.74. The smallest absolute Gasteiger partial charge is 0.272 e. The summed E-state index contributed by atoms with van der Waals surface area (Å²) in [6.45, 7) is 5.85. The van der Waals surface area contributed by atoms with Crippen LogP contribution in [0.2, 0.25) is 0 Å². The molecule has 0 saturated heterocycles. The number of amides is 1. The molecule has 1 aromatic rings. The number of rotatable bonds is 7. The van der Waals surface area contributed by atoms with Gasteiger partial charge in [-0.05, 0) is 25.0 Å². The molecule has 18 heavy (non-hydrogen) atoms. The molecule has 0 spiro atoms. The minimum atomic E-state index is -0.01000. The van der Waals surface area contributed by atoms with Crippen molar-refractivity contribution in [2.75, 3.05) is 18.8 Å². The summed E-state index contributed by atoms with van der Waals surface area (Å²) < 4.78 is 0. The summed E-state index contributed by atoms with van der Waals surface area (Å²) in [4.78, 5) is 18.3. The maximum absolute atomic E-state index is 12.3. The molecule has 0 aliphatic heterocycles. The van der Waals surface area contributed by atoms with Crippen LogP contribution in [0.5, 0.6) is 0 Å². The highest BCUT2D eigenvalue weighted by Crippen LogP contribution is 2.09. The molecule has 0 bridgehead atoms. The molecule has 1 amide bonds. The molecule has 2 N–H and O–H groups in total. The second-order valence-electron chi connectivity index (χ2n) is 4.47. The first kappa shape index (κ1) is 14.5. The molecule has 1 aromatic heterocycles. The molecular formula is C14H23N3O. The minimum absolute atomic E-state index is 0.01000. The van der Waals surface area contributed by atoms with Gasteiger partial charge in [-0.1, -0.05) is 26.7 Å². The van der Waals surface area contributed by atoms with Crippen LogP contribution < -0.4 is 5.73 Å². The first-order valence-corrected chi connectivity index (χ1v) is 6.69. The first-order valence-electron chi connectivity index (χ1n) is 6.69. The van der Waals surface area contributed by atoms with Crippen LogP contribution in [0.15, 0.2) is 18.3 Å². The third-order valence-electron chi connectivity index (χ3n) is 2.85. The van der Waals surface area contributed by atoms with Gasteiger partial charge in [0.2, 0.25) is 0 Å². The summed E-state index contributed by atoms with van der Waals surface area (Å²) in [6.07, 6.45) is 5.80. The normalized spacial score (nSPS) is 10.3. The average molecular weight is 249 g/mol. The number of nitrogens with zero attached hydrogens (tertiary/aromatic N) is 2. The van der Waals surface area contributed by atoms with Crippen LogP contribution in [0.25, 0.3) is 0 Å². The third kappa shape index (κ3) is 4.35. The van der Waals surface area contributed by atoms with E-state index in [-0.39, 0.29) is 5.91 Å². The fourth-order valence-electron chi connectivity index (χ4n) is 1.74. The number of anilines is 1. The number of unbranched alkanes of at least 4 members (excludes halogenated alkanes) is 2. The van der Waals surface area contributed by atoms with Crippen LogP contribution in [0.1, 0.15) is 50.0 Å². The highest BCUT2D eigenvalue weighted by atomic mass is 16.2. The molecular weight excluding hydrogens is 226 g/mol. The predicted octanol–water partition coefficient (Wildman–Crippen LogP) is 2.71. The maximum atomic E-state index is 12.3. The molecule has 0 unspecified atom stereocenters. The van der Waals surface area contributed by atoms with Gasteiger partial charge in [0, 0.05) is 25.0 Å². The van der Waals surface area contributed by atoms with Crippen molar-refractivity contribution < 1.29 is 4.79 Å². The largest absolute Gasteiger partial charge is 0.399 e. The van der Waals surface area contributed by atoms with Crippen molar-refractivity contribution in [2.24, 2.45) is 0 Å². The SMILES string of the molecule is CCCCN(CCCC)C(=O)c1cc(N)ccn1. The molecule has 100 valence electrons. The second-order valence-corrected chi connectivity index (χ2v) is 4.47. The van der Waals surface area contributed by atoms with E-state index >= 15 is 0 Å². The zero-order valence-electron chi connectivity index (χ0n) is 11.4. The van der Waals surface area contributed by atoms with Crippen molar-refractivity contribution in [1.82, 2.24) is 9.88 Å². The molecule has 1 rings (SSSR count). The average Bonchev–Trinajstić information content (AvgIpc) is 2.38. The molecule has 1 heterocycles. The lowest BCUT2D eigenvalue weighted by Crippen LogP contribution is -2.33. The van der Waals surface area contributed by atoms with Crippen LogP contribution in [0.4, 0.5) is 5.69 Å². The van der Waals surface area contributed by atoms with Crippen LogP contribution >= 0.6 is 0 Å². The lowest BCUT2D eigenvalue weighted by molar-refractivity contribution is 0.0745. The standard InChI is InChI=1S/C14H23N3O/c1-3-5-9-17(10-6-4-2)14(18)13-11-12(15)7-8-16-13/h7-8,11H,3-6,9-10H2,1-2H3,(H2,15,16). The maximum Gasteiger partial charge on any atom is 0.272 e. The number of hydrogen-bond acceptors (Lipinski definition) is 3. The Labute approximate surface area is 109 Å².